The van der Waals surface area contributed by atoms with Crippen molar-refractivity contribution in [3.8, 4) is 0 Å². The SMILES string of the molecule is CC1(C)CC(Nc2ncc(Br)cn2)CC(C)(C)N1. The van der Waals surface area contributed by atoms with Crippen molar-refractivity contribution < 1.29 is 0 Å². The van der Waals surface area contributed by atoms with Gasteiger partial charge in [0.05, 0.1) is 4.47 Å². The van der Waals surface area contributed by atoms with Crippen LogP contribution in [0.5, 0.6) is 0 Å². The van der Waals surface area contributed by atoms with Gasteiger partial charge in [0.1, 0.15) is 0 Å². The molecule has 1 aliphatic heterocycles. The molecule has 1 aliphatic rings. The van der Waals surface area contributed by atoms with E-state index in [1.165, 1.54) is 0 Å². The average molecular weight is 313 g/mol. The van der Waals surface area contributed by atoms with Gasteiger partial charge in [0.2, 0.25) is 5.95 Å². The van der Waals surface area contributed by atoms with Crippen molar-refractivity contribution >= 4 is 21.9 Å². The van der Waals surface area contributed by atoms with E-state index in [4.69, 9.17) is 0 Å². The molecule has 2 heterocycles. The lowest BCUT2D eigenvalue weighted by Crippen LogP contribution is -2.60. The van der Waals surface area contributed by atoms with Crippen LogP contribution >= 0.6 is 15.9 Å². The van der Waals surface area contributed by atoms with Crippen LogP contribution in [0.15, 0.2) is 16.9 Å². The zero-order valence-corrected chi connectivity index (χ0v) is 13.0. The van der Waals surface area contributed by atoms with Crippen molar-refractivity contribution in [1.82, 2.24) is 15.3 Å². The molecule has 0 aliphatic carbocycles. The molecule has 1 fully saturated rings. The van der Waals surface area contributed by atoms with Crippen LogP contribution in [0.1, 0.15) is 40.5 Å². The highest BCUT2D eigenvalue weighted by atomic mass is 79.9. The molecule has 0 unspecified atom stereocenters. The Balaban J connectivity index is 2.07. The smallest absolute Gasteiger partial charge is 0.222 e. The summed E-state index contributed by atoms with van der Waals surface area (Å²) in [4.78, 5) is 8.56. The first-order valence-corrected chi connectivity index (χ1v) is 7.09. The van der Waals surface area contributed by atoms with Crippen molar-refractivity contribution in [3.63, 3.8) is 0 Å². The Morgan fingerprint density at radius 2 is 1.67 bits per heavy atom. The molecule has 5 heteroatoms. The molecule has 18 heavy (non-hydrogen) atoms. The summed E-state index contributed by atoms with van der Waals surface area (Å²) in [5.41, 5.74) is 0.267. The second kappa shape index (κ2) is 4.78. The molecule has 2 N–H and O–H groups in total. The molecule has 0 amide bonds. The maximum absolute atomic E-state index is 4.28. The highest BCUT2D eigenvalue weighted by Gasteiger charge is 2.37. The number of nitrogens with one attached hydrogen (secondary N) is 2. The van der Waals surface area contributed by atoms with Gasteiger partial charge >= 0.3 is 0 Å². The van der Waals surface area contributed by atoms with Gasteiger partial charge < -0.3 is 10.6 Å². The lowest BCUT2D eigenvalue weighted by Gasteiger charge is -2.46. The summed E-state index contributed by atoms with van der Waals surface area (Å²) in [6.45, 7) is 8.96. The van der Waals surface area contributed by atoms with Gasteiger partial charge in [0, 0.05) is 29.5 Å². The molecule has 4 nitrogen and oxygen atoms in total. The van der Waals surface area contributed by atoms with Crippen LogP contribution in [-0.2, 0) is 0 Å². The Labute approximate surface area is 117 Å². The number of hydrogen-bond donors (Lipinski definition) is 2. The molecule has 0 atom stereocenters. The Bertz CT molecular complexity index is 398. The van der Waals surface area contributed by atoms with Crippen molar-refractivity contribution in [2.75, 3.05) is 5.32 Å². The Kier molecular flexibility index (Phi) is 3.65. The lowest BCUT2D eigenvalue weighted by atomic mass is 9.80. The lowest BCUT2D eigenvalue weighted by molar-refractivity contribution is 0.170. The summed E-state index contributed by atoms with van der Waals surface area (Å²) >= 11 is 3.34. The van der Waals surface area contributed by atoms with Gasteiger partial charge in [-0.3, -0.25) is 0 Å². The van der Waals surface area contributed by atoms with Gasteiger partial charge in [-0.1, -0.05) is 0 Å². The fourth-order valence-electron chi connectivity index (χ4n) is 2.99. The summed E-state index contributed by atoms with van der Waals surface area (Å²) in [7, 11) is 0. The molecule has 0 aromatic carbocycles. The Hall–Kier alpha value is -0.680. The van der Waals surface area contributed by atoms with Gasteiger partial charge in [-0.25, -0.2) is 9.97 Å². The van der Waals surface area contributed by atoms with E-state index < -0.39 is 0 Å². The number of piperidine rings is 1. The zero-order chi connectivity index (χ0) is 13.4. The minimum atomic E-state index is 0.134. The van der Waals surface area contributed by atoms with Crippen molar-refractivity contribution in [1.29, 1.82) is 0 Å². The summed E-state index contributed by atoms with van der Waals surface area (Å²) in [5, 5.41) is 7.10. The van der Waals surface area contributed by atoms with Crippen molar-refractivity contribution in [3.05, 3.63) is 16.9 Å². The second-order valence-electron chi connectivity index (χ2n) is 6.37. The molecule has 2 rings (SSSR count). The fraction of sp³-hybridized carbons (Fsp3) is 0.692. The molecule has 0 bridgehead atoms. The van der Waals surface area contributed by atoms with E-state index in [2.05, 4.69) is 64.2 Å². The largest absolute Gasteiger partial charge is 0.351 e. The maximum atomic E-state index is 4.28. The number of rotatable bonds is 2. The number of halogens is 1. The summed E-state index contributed by atoms with van der Waals surface area (Å²) in [6, 6.07) is 0.400. The molecule has 0 radical (unpaired) electrons. The quantitative estimate of drug-likeness (QED) is 0.881. The normalized spacial score (nSPS) is 22.7. The van der Waals surface area contributed by atoms with Crippen molar-refractivity contribution in [2.24, 2.45) is 0 Å². The van der Waals surface area contributed by atoms with Gasteiger partial charge in [-0.05, 0) is 56.5 Å². The summed E-state index contributed by atoms with van der Waals surface area (Å²) in [6.07, 6.45) is 5.67. The topological polar surface area (TPSA) is 49.8 Å². The molecule has 100 valence electrons. The molecular weight excluding hydrogens is 292 g/mol. The fourth-order valence-corrected chi connectivity index (χ4v) is 3.20. The third-order valence-corrected chi connectivity index (χ3v) is 3.55. The molecular formula is C13H21BrN4. The predicted molar refractivity (Wildman–Crippen MR) is 77.7 cm³/mol. The van der Waals surface area contributed by atoms with Gasteiger partial charge in [-0.2, -0.15) is 0 Å². The third kappa shape index (κ3) is 3.65. The molecule has 1 aromatic heterocycles. The van der Waals surface area contributed by atoms with Crippen molar-refractivity contribution in [2.45, 2.75) is 57.7 Å². The first-order chi connectivity index (χ1) is 8.26. The standard InChI is InChI=1S/C13H21BrN4/c1-12(2)5-10(6-13(3,4)18-12)17-11-15-7-9(14)8-16-11/h7-8,10,18H,5-6H2,1-4H3,(H,15,16,17). The van der Waals surface area contributed by atoms with E-state index in [1.54, 1.807) is 12.4 Å². The van der Waals surface area contributed by atoms with Crippen LogP contribution in [0.25, 0.3) is 0 Å². The van der Waals surface area contributed by atoms with Crippen LogP contribution in [0, 0.1) is 0 Å². The van der Waals surface area contributed by atoms with E-state index in [1.807, 2.05) is 0 Å². The van der Waals surface area contributed by atoms with Crippen LogP contribution in [0.2, 0.25) is 0 Å². The molecule has 1 saturated heterocycles. The molecule has 0 saturated carbocycles. The van der Waals surface area contributed by atoms with E-state index >= 15 is 0 Å². The van der Waals surface area contributed by atoms with Crippen LogP contribution in [0.4, 0.5) is 5.95 Å². The predicted octanol–water partition coefficient (Wildman–Crippen LogP) is 2.96. The van der Waals surface area contributed by atoms with E-state index in [9.17, 15) is 0 Å². The van der Waals surface area contributed by atoms with E-state index in [0.717, 1.165) is 17.3 Å². The molecule has 0 spiro atoms. The third-order valence-electron chi connectivity index (χ3n) is 3.14. The van der Waals surface area contributed by atoms with Crippen LogP contribution < -0.4 is 10.6 Å². The second-order valence-corrected chi connectivity index (χ2v) is 7.28. The van der Waals surface area contributed by atoms with E-state index in [0.29, 0.717) is 12.0 Å². The zero-order valence-electron chi connectivity index (χ0n) is 11.4. The Morgan fingerprint density at radius 3 is 2.17 bits per heavy atom. The summed E-state index contributed by atoms with van der Waals surface area (Å²) in [5.74, 6) is 0.705. The van der Waals surface area contributed by atoms with Crippen LogP contribution in [-0.4, -0.2) is 27.1 Å². The number of anilines is 1. The van der Waals surface area contributed by atoms with Crippen LogP contribution in [0.3, 0.4) is 0 Å². The number of hydrogen-bond acceptors (Lipinski definition) is 4. The average Bonchev–Trinajstić information content (AvgIpc) is 2.16. The first kappa shape index (κ1) is 13.7. The maximum Gasteiger partial charge on any atom is 0.222 e. The monoisotopic (exact) mass is 312 g/mol. The first-order valence-electron chi connectivity index (χ1n) is 6.29. The number of nitrogens with zero attached hydrogens (tertiary/aromatic N) is 2. The Morgan fingerprint density at radius 1 is 1.17 bits per heavy atom. The minimum absolute atomic E-state index is 0.134. The molecule has 1 aromatic rings. The highest BCUT2D eigenvalue weighted by molar-refractivity contribution is 9.10. The van der Waals surface area contributed by atoms with Gasteiger partial charge in [-0.15, -0.1) is 0 Å². The highest BCUT2D eigenvalue weighted by Crippen LogP contribution is 2.29. The van der Waals surface area contributed by atoms with Gasteiger partial charge in [0.25, 0.3) is 0 Å². The van der Waals surface area contributed by atoms with Gasteiger partial charge in [0.15, 0.2) is 0 Å². The summed E-state index contributed by atoms with van der Waals surface area (Å²) < 4.78 is 0.902. The number of aromatic nitrogens is 2. The minimum Gasteiger partial charge on any atom is -0.351 e. The van der Waals surface area contributed by atoms with E-state index in [-0.39, 0.29) is 11.1 Å².